The number of allylic oxidation sites excluding steroid dienone is 1. The molecule has 1 N–H and O–H groups in total. The van der Waals surface area contributed by atoms with Crippen molar-refractivity contribution in [1.82, 2.24) is 9.80 Å². The second kappa shape index (κ2) is 17.4. The summed E-state index contributed by atoms with van der Waals surface area (Å²) in [5, 5.41) is 10.7. The van der Waals surface area contributed by atoms with Crippen molar-refractivity contribution in [3.63, 3.8) is 0 Å². The molecule has 8 atom stereocenters. The van der Waals surface area contributed by atoms with E-state index in [1.54, 1.807) is 30.3 Å². The van der Waals surface area contributed by atoms with Crippen LogP contribution in [0.1, 0.15) is 38.3 Å². The number of nitrogens with zero attached hydrogens (tertiary/aromatic N) is 4. The number of amides is 7. The maximum atomic E-state index is 13.3. The first kappa shape index (κ1) is 46.9. The van der Waals surface area contributed by atoms with Crippen molar-refractivity contribution in [2.75, 3.05) is 23.9 Å². The van der Waals surface area contributed by atoms with Crippen LogP contribution in [0.25, 0.3) is 22.3 Å². The number of carbonyl (C=O) groups is 8. The second-order valence-corrected chi connectivity index (χ2v) is 17.2. The van der Waals surface area contributed by atoms with Crippen LogP contribution in [0.5, 0.6) is 11.5 Å². The van der Waals surface area contributed by atoms with E-state index in [1.807, 2.05) is 75.4 Å². The number of likely N-dealkylation sites (tertiary alicyclic amines) is 2. The van der Waals surface area contributed by atoms with Crippen molar-refractivity contribution in [3.05, 3.63) is 108 Å². The summed E-state index contributed by atoms with van der Waals surface area (Å²) < 4.78 is 5.60. The summed E-state index contributed by atoms with van der Waals surface area (Å²) in [4.78, 5) is 106. The van der Waals surface area contributed by atoms with Crippen molar-refractivity contribution in [2.45, 2.75) is 41.0 Å². The first-order valence-electron chi connectivity index (χ1n) is 20.9. The molecule has 0 spiro atoms. The number of hydrogen-bond donors (Lipinski definition) is 1. The Morgan fingerprint density at radius 1 is 0.554 bits per heavy atom. The van der Waals surface area contributed by atoms with E-state index in [2.05, 4.69) is 6.58 Å². The molecule has 8 unspecified atom stereocenters. The van der Waals surface area contributed by atoms with Gasteiger partial charge in [0.1, 0.15) is 5.75 Å². The van der Waals surface area contributed by atoms with Crippen LogP contribution in [0, 0.1) is 61.2 Å². The van der Waals surface area contributed by atoms with Gasteiger partial charge in [-0.15, -0.1) is 0 Å². The number of aromatic hydroxyl groups is 1. The van der Waals surface area contributed by atoms with Crippen LogP contribution in [-0.2, 0) is 71.1 Å². The molecule has 2 saturated carbocycles. The molecular weight excluding hydrogens is 905 g/mol. The Morgan fingerprint density at radius 3 is 1.37 bits per heavy atom. The van der Waals surface area contributed by atoms with Gasteiger partial charge in [0.15, 0.2) is 5.75 Å². The Hall–Kier alpha value is -6.12. The number of phenolic OH excluding ortho intramolecular Hbond substituents is 1. The van der Waals surface area contributed by atoms with Crippen LogP contribution in [0.15, 0.2) is 97.2 Å². The summed E-state index contributed by atoms with van der Waals surface area (Å²) in [6, 6.07) is 25.8. The van der Waals surface area contributed by atoms with Gasteiger partial charge in [-0.2, -0.15) is 0 Å². The molecule has 0 bridgehead atoms. The quantitative estimate of drug-likeness (QED) is 0.130. The molecule has 7 amide bonds. The minimum absolute atomic E-state index is 0. The summed E-state index contributed by atoms with van der Waals surface area (Å²) in [7, 11) is 2.83. The van der Waals surface area contributed by atoms with E-state index in [1.165, 1.54) is 19.0 Å². The molecule has 6 fully saturated rings. The minimum atomic E-state index is -0.866. The van der Waals surface area contributed by atoms with Crippen molar-refractivity contribution in [2.24, 2.45) is 47.3 Å². The standard InChI is InChI=1S/C26H24N2O6.C23H20N2O4.CH4.Y/c1-4-5-18(29)34-17-12-15(14-8-6-13(2)7-9-14)10-11-16(17)28-25(32)21-19-20(22(21)26(28)33)24(31)27(3)23(19)30;1-11-4-6-13(7-5-11)14-8-9-15(16(26)10-14)25-12(2)17-18-20(19(17)23(25)29)22(28)24(3)21(18)27;;/h6-12,19-22H,4-5H2,1-3H3;4-10,17-20,26H,2H2,1,3H3;1H4;. The van der Waals surface area contributed by atoms with Crippen LogP contribution in [0.2, 0.25) is 0 Å². The molecule has 4 aromatic rings. The Balaban J connectivity index is 0.000000190. The van der Waals surface area contributed by atoms with E-state index in [0.717, 1.165) is 48.1 Å². The molecule has 15 heteroatoms. The number of phenols is 1. The van der Waals surface area contributed by atoms with Crippen LogP contribution in [0.4, 0.5) is 11.4 Å². The van der Waals surface area contributed by atoms with Crippen molar-refractivity contribution >= 4 is 58.7 Å². The SMILES string of the molecule is C.C=C1C2C3C(=O)N(C)C(=O)C3C2C(=O)N1c1ccc(-c2ccc(C)cc2)cc1O.CCCC(=O)Oc1cc(-c2ccc(C)cc2)ccc1N1C(=O)C2C3C(=O)N(C)C(=O)C3C2C1=O.[Y]. The molecule has 4 aromatic carbocycles. The van der Waals surface area contributed by atoms with E-state index in [9.17, 15) is 43.5 Å². The third kappa shape index (κ3) is 7.16. The Labute approximate surface area is 401 Å². The summed E-state index contributed by atoms with van der Waals surface area (Å²) in [5.74, 6) is -8.62. The molecule has 4 heterocycles. The number of ether oxygens (including phenoxy) is 1. The molecule has 6 aliphatic rings. The van der Waals surface area contributed by atoms with Gasteiger partial charge >= 0.3 is 5.97 Å². The topological polar surface area (TPSA) is 179 Å². The van der Waals surface area contributed by atoms with Gasteiger partial charge in [0.05, 0.1) is 52.8 Å². The molecule has 1 radical (unpaired) electrons. The van der Waals surface area contributed by atoms with E-state index in [4.69, 9.17) is 4.74 Å². The number of aryl methyl sites for hydroxylation is 2. The molecule has 65 heavy (non-hydrogen) atoms. The van der Waals surface area contributed by atoms with Crippen molar-refractivity contribution in [1.29, 1.82) is 0 Å². The molecular formula is C50H48N4O10Y. The molecule has 0 aromatic heterocycles. The summed E-state index contributed by atoms with van der Waals surface area (Å²) in [5.41, 5.74) is 6.62. The van der Waals surface area contributed by atoms with Gasteiger partial charge in [0.2, 0.25) is 41.4 Å². The van der Waals surface area contributed by atoms with Gasteiger partial charge in [0, 0.05) is 64.8 Å². The van der Waals surface area contributed by atoms with Gasteiger partial charge in [0.25, 0.3) is 0 Å². The Bertz CT molecular complexity index is 2650. The molecule has 4 saturated heterocycles. The zero-order chi connectivity index (χ0) is 44.9. The number of benzene rings is 4. The average Bonchev–Trinajstić information content (AvgIpc) is 3.72. The second-order valence-electron chi connectivity index (χ2n) is 17.2. The first-order chi connectivity index (χ1) is 30.0. The number of carbonyl (C=O) groups excluding carboxylic acids is 8. The largest absolute Gasteiger partial charge is 0.506 e. The molecule has 10 rings (SSSR count). The summed E-state index contributed by atoms with van der Waals surface area (Å²) >= 11 is 0. The number of anilines is 2. The smallest absolute Gasteiger partial charge is 0.311 e. The van der Waals surface area contributed by atoms with Gasteiger partial charge in [-0.25, -0.2) is 4.90 Å². The van der Waals surface area contributed by atoms with Crippen molar-refractivity contribution < 1.29 is 80.9 Å². The minimum Gasteiger partial charge on any atom is -0.506 e. The Morgan fingerprint density at radius 2 is 0.923 bits per heavy atom. The molecule has 14 nitrogen and oxygen atoms in total. The fraction of sp³-hybridized carbons (Fsp3) is 0.320. The predicted octanol–water partition coefficient (Wildman–Crippen LogP) is 6.06. The van der Waals surface area contributed by atoms with E-state index < -0.39 is 71.0 Å². The Kier molecular flexibility index (Phi) is 12.5. The maximum absolute atomic E-state index is 13.3. The fourth-order valence-electron chi connectivity index (χ4n) is 10.3. The van der Waals surface area contributed by atoms with Crippen molar-refractivity contribution in [3.8, 4) is 33.8 Å². The predicted molar refractivity (Wildman–Crippen MR) is 235 cm³/mol. The molecule has 4 aliphatic heterocycles. The monoisotopic (exact) mass is 953 g/mol. The van der Waals surface area contributed by atoms with Gasteiger partial charge in [-0.1, -0.05) is 92.7 Å². The number of hydrogen-bond acceptors (Lipinski definition) is 10. The average molecular weight is 954 g/mol. The third-order valence-corrected chi connectivity index (χ3v) is 13.6. The molecule has 2 aliphatic carbocycles. The zero-order valence-corrected chi connectivity index (χ0v) is 38.6. The van der Waals surface area contributed by atoms with E-state index in [-0.39, 0.29) is 87.4 Å². The van der Waals surface area contributed by atoms with Gasteiger partial charge in [-0.05, 0) is 66.8 Å². The number of esters is 1. The first-order valence-corrected chi connectivity index (χ1v) is 20.9. The van der Waals surface area contributed by atoms with Crippen LogP contribution in [0.3, 0.4) is 0 Å². The zero-order valence-electron chi connectivity index (χ0n) is 35.8. The maximum Gasteiger partial charge on any atom is 0.311 e. The summed E-state index contributed by atoms with van der Waals surface area (Å²) in [6.45, 7) is 9.86. The summed E-state index contributed by atoms with van der Waals surface area (Å²) in [6.07, 6.45) is 0.763. The van der Waals surface area contributed by atoms with Crippen LogP contribution >= 0.6 is 0 Å². The molecule has 331 valence electrons. The number of imide groups is 3. The van der Waals surface area contributed by atoms with E-state index >= 15 is 0 Å². The van der Waals surface area contributed by atoms with Gasteiger partial charge in [-0.3, -0.25) is 53.1 Å². The van der Waals surface area contributed by atoms with Crippen LogP contribution < -0.4 is 14.5 Å². The number of rotatable bonds is 7. The van der Waals surface area contributed by atoms with E-state index in [0.29, 0.717) is 17.8 Å². The normalized spacial score (nSPS) is 25.7. The number of fused-ring (bicyclic) bond motifs is 8. The fourth-order valence-corrected chi connectivity index (χ4v) is 10.3. The third-order valence-electron chi connectivity index (χ3n) is 13.6. The van der Waals surface area contributed by atoms with Crippen LogP contribution in [-0.4, -0.2) is 76.3 Å². The van der Waals surface area contributed by atoms with Gasteiger partial charge < -0.3 is 9.84 Å².